The molecule has 0 amide bonds. The summed E-state index contributed by atoms with van der Waals surface area (Å²) in [6.07, 6.45) is 0. The van der Waals surface area contributed by atoms with E-state index in [0.717, 1.165) is 5.75 Å². The van der Waals surface area contributed by atoms with Crippen molar-refractivity contribution in [3.8, 4) is 27.3 Å². The molecule has 2 heteroatoms. The third-order valence-corrected chi connectivity index (χ3v) is 4.06. The van der Waals surface area contributed by atoms with Gasteiger partial charge in [0, 0.05) is 4.88 Å². The molecule has 0 saturated heterocycles. The summed E-state index contributed by atoms with van der Waals surface area (Å²) in [6.45, 7) is 0. The molecule has 19 heavy (non-hydrogen) atoms. The topological polar surface area (TPSA) is 9.23 Å². The molecule has 0 aliphatic carbocycles. The first kappa shape index (κ1) is 12.0. The smallest absolute Gasteiger partial charge is 0.118 e. The van der Waals surface area contributed by atoms with Gasteiger partial charge in [-0.25, -0.2) is 0 Å². The Balaban J connectivity index is 1.92. The lowest BCUT2D eigenvalue weighted by Crippen LogP contribution is -1.81. The zero-order valence-electron chi connectivity index (χ0n) is 10.7. The van der Waals surface area contributed by atoms with E-state index in [2.05, 4.69) is 47.8 Å². The van der Waals surface area contributed by atoms with E-state index in [4.69, 9.17) is 4.74 Å². The second kappa shape index (κ2) is 5.29. The van der Waals surface area contributed by atoms with Gasteiger partial charge in [0.15, 0.2) is 0 Å². The van der Waals surface area contributed by atoms with Gasteiger partial charge in [-0.2, -0.15) is 0 Å². The van der Waals surface area contributed by atoms with Crippen LogP contribution in [0.15, 0.2) is 66.0 Å². The molecule has 0 radical (unpaired) electrons. The van der Waals surface area contributed by atoms with Crippen LogP contribution in [0.25, 0.3) is 21.6 Å². The van der Waals surface area contributed by atoms with Gasteiger partial charge in [-0.05, 0) is 40.3 Å². The summed E-state index contributed by atoms with van der Waals surface area (Å²) >= 11 is 1.78. The Morgan fingerprint density at radius 1 is 0.789 bits per heavy atom. The summed E-state index contributed by atoms with van der Waals surface area (Å²) < 4.78 is 5.18. The highest BCUT2D eigenvalue weighted by Gasteiger charge is 2.04. The van der Waals surface area contributed by atoms with Crippen molar-refractivity contribution in [1.82, 2.24) is 0 Å². The third kappa shape index (κ3) is 2.54. The van der Waals surface area contributed by atoms with E-state index < -0.39 is 0 Å². The van der Waals surface area contributed by atoms with E-state index in [0.29, 0.717) is 0 Å². The molecule has 2 aromatic carbocycles. The van der Waals surface area contributed by atoms with Crippen LogP contribution in [0.5, 0.6) is 5.75 Å². The Morgan fingerprint density at radius 3 is 2.21 bits per heavy atom. The highest BCUT2D eigenvalue weighted by molar-refractivity contribution is 7.14. The lowest BCUT2D eigenvalue weighted by molar-refractivity contribution is 0.415. The first-order valence-corrected chi connectivity index (χ1v) is 7.03. The van der Waals surface area contributed by atoms with Crippen molar-refractivity contribution in [3.05, 3.63) is 66.0 Å². The molecule has 0 unspecified atom stereocenters. The minimum atomic E-state index is 0.891. The van der Waals surface area contributed by atoms with Gasteiger partial charge >= 0.3 is 0 Å². The maximum atomic E-state index is 5.18. The average Bonchev–Trinajstić information content (AvgIpc) is 2.98. The lowest BCUT2D eigenvalue weighted by atomic mass is 10.1. The predicted octanol–water partition coefficient (Wildman–Crippen LogP) is 5.09. The van der Waals surface area contributed by atoms with Gasteiger partial charge in [0.1, 0.15) is 5.75 Å². The number of hydrogen-bond donors (Lipinski definition) is 0. The molecule has 0 aliphatic heterocycles. The van der Waals surface area contributed by atoms with Crippen LogP contribution >= 0.6 is 11.3 Å². The minimum absolute atomic E-state index is 0.891. The fourth-order valence-corrected chi connectivity index (χ4v) is 2.95. The van der Waals surface area contributed by atoms with E-state index in [1.54, 1.807) is 18.4 Å². The minimum Gasteiger partial charge on any atom is -0.497 e. The molecule has 0 bridgehead atoms. The van der Waals surface area contributed by atoms with Crippen LogP contribution in [-0.2, 0) is 0 Å². The number of benzene rings is 2. The van der Waals surface area contributed by atoms with Gasteiger partial charge in [-0.3, -0.25) is 0 Å². The van der Waals surface area contributed by atoms with Gasteiger partial charge in [0.25, 0.3) is 0 Å². The Bertz CT molecular complexity index is 653. The summed E-state index contributed by atoms with van der Waals surface area (Å²) in [5.74, 6) is 0.891. The van der Waals surface area contributed by atoms with Crippen molar-refractivity contribution in [3.63, 3.8) is 0 Å². The molecule has 0 spiro atoms. The monoisotopic (exact) mass is 266 g/mol. The van der Waals surface area contributed by atoms with Gasteiger partial charge < -0.3 is 4.74 Å². The molecule has 1 aromatic heterocycles. The fourth-order valence-electron chi connectivity index (χ4n) is 2.02. The summed E-state index contributed by atoms with van der Waals surface area (Å²) in [5.41, 5.74) is 3.75. The molecule has 0 N–H and O–H groups in total. The van der Waals surface area contributed by atoms with E-state index >= 15 is 0 Å². The van der Waals surface area contributed by atoms with E-state index in [1.807, 2.05) is 18.2 Å². The highest BCUT2D eigenvalue weighted by Crippen LogP contribution is 2.32. The molecule has 0 aliphatic rings. The Labute approximate surface area is 117 Å². The van der Waals surface area contributed by atoms with Crippen molar-refractivity contribution in [1.29, 1.82) is 0 Å². The zero-order valence-corrected chi connectivity index (χ0v) is 11.5. The summed E-state index contributed by atoms with van der Waals surface area (Å²) in [5, 5.41) is 2.20. The van der Waals surface area contributed by atoms with Crippen LogP contribution in [0.3, 0.4) is 0 Å². The average molecular weight is 266 g/mol. The van der Waals surface area contributed by atoms with Crippen LogP contribution in [-0.4, -0.2) is 7.11 Å². The Morgan fingerprint density at radius 2 is 1.53 bits per heavy atom. The lowest BCUT2D eigenvalue weighted by Gasteiger charge is -2.01. The second-order valence-corrected chi connectivity index (χ2v) is 5.21. The van der Waals surface area contributed by atoms with Gasteiger partial charge in [-0.1, -0.05) is 42.5 Å². The molecule has 3 rings (SSSR count). The number of methoxy groups -OCH3 is 1. The molecular formula is C17H14OS. The summed E-state index contributed by atoms with van der Waals surface area (Å²) in [6, 6.07) is 20.9. The molecule has 0 fully saturated rings. The molecule has 94 valence electrons. The number of rotatable bonds is 3. The normalized spacial score (nSPS) is 10.4. The molecule has 1 nitrogen and oxygen atoms in total. The van der Waals surface area contributed by atoms with Crippen LogP contribution < -0.4 is 4.74 Å². The first-order chi connectivity index (χ1) is 9.36. The number of thiophene rings is 1. The number of ether oxygens (including phenoxy) is 1. The Kier molecular flexibility index (Phi) is 3.34. The quantitative estimate of drug-likeness (QED) is 0.641. The van der Waals surface area contributed by atoms with Crippen molar-refractivity contribution in [2.45, 2.75) is 0 Å². The first-order valence-electron chi connectivity index (χ1n) is 6.15. The van der Waals surface area contributed by atoms with Crippen molar-refractivity contribution >= 4 is 11.3 Å². The van der Waals surface area contributed by atoms with Crippen LogP contribution in [0.4, 0.5) is 0 Å². The fraction of sp³-hybridized carbons (Fsp3) is 0.0588. The van der Waals surface area contributed by atoms with Gasteiger partial charge in [0.2, 0.25) is 0 Å². The third-order valence-electron chi connectivity index (χ3n) is 3.08. The largest absolute Gasteiger partial charge is 0.497 e. The van der Waals surface area contributed by atoms with Crippen molar-refractivity contribution in [2.75, 3.05) is 7.11 Å². The highest BCUT2D eigenvalue weighted by atomic mass is 32.1. The molecule has 0 saturated carbocycles. The molecule has 1 heterocycles. The van der Waals surface area contributed by atoms with E-state index in [9.17, 15) is 0 Å². The zero-order chi connectivity index (χ0) is 13.1. The molecule has 0 atom stereocenters. The SMILES string of the molecule is COc1ccc(-c2csc(-c3ccccc3)c2)cc1. The van der Waals surface area contributed by atoms with E-state index in [1.165, 1.54) is 21.6 Å². The van der Waals surface area contributed by atoms with Crippen LogP contribution in [0.2, 0.25) is 0 Å². The van der Waals surface area contributed by atoms with Crippen LogP contribution in [0.1, 0.15) is 0 Å². The maximum Gasteiger partial charge on any atom is 0.118 e. The van der Waals surface area contributed by atoms with Crippen molar-refractivity contribution < 1.29 is 4.74 Å². The van der Waals surface area contributed by atoms with Gasteiger partial charge in [-0.15, -0.1) is 11.3 Å². The molecular weight excluding hydrogens is 252 g/mol. The Hall–Kier alpha value is -2.06. The summed E-state index contributed by atoms with van der Waals surface area (Å²) in [7, 11) is 1.69. The second-order valence-electron chi connectivity index (χ2n) is 4.29. The summed E-state index contributed by atoms with van der Waals surface area (Å²) in [4.78, 5) is 1.30. The molecule has 3 aromatic rings. The predicted molar refractivity (Wildman–Crippen MR) is 81.7 cm³/mol. The maximum absolute atomic E-state index is 5.18. The number of hydrogen-bond acceptors (Lipinski definition) is 2. The van der Waals surface area contributed by atoms with Crippen LogP contribution in [0, 0.1) is 0 Å². The standard InChI is InChI=1S/C17H14OS/c1-18-16-9-7-13(8-10-16)15-11-17(19-12-15)14-5-3-2-4-6-14/h2-12H,1H3. The van der Waals surface area contributed by atoms with E-state index in [-0.39, 0.29) is 0 Å². The van der Waals surface area contributed by atoms with Crippen molar-refractivity contribution in [2.24, 2.45) is 0 Å². The van der Waals surface area contributed by atoms with Gasteiger partial charge in [0.05, 0.1) is 7.11 Å².